The van der Waals surface area contributed by atoms with Gasteiger partial charge in [-0.3, -0.25) is 4.79 Å². The van der Waals surface area contributed by atoms with Crippen LogP contribution < -0.4 is 10.1 Å². The maximum Gasteiger partial charge on any atom is 0.337 e. The lowest BCUT2D eigenvalue weighted by atomic mass is 10.1. The number of nitrogens with one attached hydrogen (secondary N) is 1. The van der Waals surface area contributed by atoms with Gasteiger partial charge in [-0.15, -0.1) is 0 Å². The summed E-state index contributed by atoms with van der Waals surface area (Å²) in [6.07, 6.45) is 0. The zero-order valence-electron chi connectivity index (χ0n) is 13.7. The van der Waals surface area contributed by atoms with Crippen molar-refractivity contribution < 1.29 is 19.1 Å². The van der Waals surface area contributed by atoms with E-state index in [-0.39, 0.29) is 12.5 Å². The summed E-state index contributed by atoms with van der Waals surface area (Å²) in [4.78, 5) is 23.6. The first-order chi connectivity index (χ1) is 11.4. The molecule has 0 saturated carbocycles. The Hall–Kier alpha value is -2.53. The molecule has 2 aromatic rings. The second-order valence-electron chi connectivity index (χ2n) is 5.29. The van der Waals surface area contributed by atoms with Crippen molar-refractivity contribution in [3.05, 3.63) is 58.1 Å². The van der Waals surface area contributed by atoms with Crippen molar-refractivity contribution in [3.8, 4) is 5.75 Å². The number of aryl methyl sites for hydroxylation is 2. The van der Waals surface area contributed by atoms with E-state index < -0.39 is 5.97 Å². The molecule has 6 heteroatoms. The standard InChI is InChI=1S/C18H18ClNO4/c1-11-4-7-16(12(2)8-11)24-10-17(21)20-15-9-13(18(22)23-3)5-6-14(15)19/h4-9H,10H2,1-3H3,(H,20,21). The molecule has 1 amide bonds. The summed E-state index contributed by atoms with van der Waals surface area (Å²) in [5, 5.41) is 2.95. The Kier molecular flexibility index (Phi) is 5.82. The Morgan fingerprint density at radius 2 is 1.88 bits per heavy atom. The minimum Gasteiger partial charge on any atom is -0.483 e. The van der Waals surface area contributed by atoms with Crippen LogP contribution in [0.4, 0.5) is 5.69 Å². The Morgan fingerprint density at radius 3 is 2.54 bits per heavy atom. The van der Waals surface area contributed by atoms with Gasteiger partial charge in [0.1, 0.15) is 5.75 Å². The maximum absolute atomic E-state index is 12.1. The number of rotatable bonds is 5. The Balaban J connectivity index is 2.03. The van der Waals surface area contributed by atoms with Crippen LogP contribution in [-0.4, -0.2) is 25.6 Å². The van der Waals surface area contributed by atoms with Crippen molar-refractivity contribution >= 4 is 29.2 Å². The summed E-state index contributed by atoms with van der Waals surface area (Å²) in [7, 11) is 1.28. The normalized spacial score (nSPS) is 10.2. The predicted molar refractivity (Wildman–Crippen MR) is 92.8 cm³/mol. The number of hydrogen-bond acceptors (Lipinski definition) is 4. The number of carbonyl (C=O) groups is 2. The molecule has 2 aromatic carbocycles. The molecule has 0 atom stereocenters. The first-order valence-electron chi connectivity index (χ1n) is 7.28. The van der Waals surface area contributed by atoms with Gasteiger partial charge in [-0.1, -0.05) is 29.3 Å². The van der Waals surface area contributed by atoms with Crippen molar-refractivity contribution in [2.75, 3.05) is 19.0 Å². The van der Waals surface area contributed by atoms with Crippen LogP contribution in [0.3, 0.4) is 0 Å². The van der Waals surface area contributed by atoms with Crippen LogP contribution in [0.2, 0.25) is 5.02 Å². The highest BCUT2D eigenvalue weighted by Crippen LogP contribution is 2.24. The van der Waals surface area contributed by atoms with Gasteiger partial charge in [0.25, 0.3) is 5.91 Å². The molecule has 0 bridgehead atoms. The van der Waals surface area contributed by atoms with E-state index in [0.29, 0.717) is 22.0 Å². The van der Waals surface area contributed by atoms with Crippen LogP contribution in [0.25, 0.3) is 0 Å². The highest BCUT2D eigenvalue weighted by Gasteiger charge is 2.12. The second-order valence-corrected chi connectivity index (χ2v) is 5.70. The largest absolute Gasteiger partial charge is 0.483 e. The van der Waals surface area contributed by atoms with E-state index in [1.54, 1.807) is 0 Å². The molecule has 0 aromatic heterocycles. The number of carbonyl (C=O) groups excluding carboxylic acids is 2. The molecule has 0 heterocycles. The molecule has 24 heavy (non-hydrogen) atoms. The second kappa shape index (κ2) is 7.84. The number of methoxy groups -OCH3 is 1. The summed E-state index contributed by atoms with van der Waals surface area (Å²) in [5.41, 5.74) is 2.70. The fourth-order valence-corrected chi connectivity index (χ4v) is 2.32. The summed E-state index contributed by atoms with van der Waals surface area (Å²) < 4.78 is 10.2. The summed E-state index contributed by atoms with van der Waals surface area (Å²) in [6.45, 7) is 3.74. The van der Waals surface area contributed by atoms with Gasteiger partial charge in [-0.2, -0.15) is 0 Å². The van der Waals surface area contributed by atoms with Gasteiger partial charge in [0.15, 0.2) is 6.61 Å². The van der Waals surface area contributed by atoms with E-state index in [0.717, 1.165) is 11.1 Å². The van der Waals surface area contributed by atoms with Crippen LogP contribution in [0, 0.1) is 13.8 Å². The summed E-state index contributed by atoms with van der Waals surface area (Å²) in [6, 6.07) is 10.2. The zero-order chi connectivity index (χ0) is 17.7. The number of benzene rings is 2. The number of esters is 1. The van der Waals surface area contributed by atoms with E-state index in [9.17, 15) is 9.59 Å². The van der Waals surface area contributed by atoms with Gasteiger partial charge in [-0.05, 0) is 43.7 Å². The monoisotopic (exact) mass is 347 g/mol. The topological polar surface area (TPSA) is 64.6 Å². The molecule has 5 nitrogen and oxygen atoms in total. The molecule has 0 spiro atoms. The maximum atomic E-state index is 12.1. The Labute approximate surface area is 145 Å². The quantitative estimate of drug-likeness (QED) is 0.836. The average molecular weight is 348 g/mol. The summed E-state index contributed by atoms with van der Waals surface area (Å²) in [5.74, 6) is -0.238. The molecule has 126 valence electrons. The van der Waals surface area contributed by atoms with Gasteiger partial charge in [0.2, 0.25) is 0 Å². The minimum atomic E-state index is -0.506. The third-order valence-electron chi connectivity index (χ3n) is 3.35. The Bertz CT molecular complexity index is 774. The fourth-order valence-electron chi connectivity index (χ4n) is 2.16. The molecule has 0 fully saturated rings. The van der Waals surface area contributed by atoms with Crippen molar-refractivity contribution in [1.82, 2.24) is 0 Å². The molecule has 1 N–H and O–H groups in total. The third kappa shape index (κ3) is 4.49. The highest BCUT2D eigenvalue weighted by molar-refractivity contribution is 6.33. The van der Waals surface area contributed by atoms with Crippen LogP contribution in [0.1, 0.15) is 21.5 Å². The smallest absolute Gasteiger partial charge is 0.337 e. The number of anilines is 1. The third-order valence-corrected chi connectivity index (χ3v) is 3.68. The van der Waals surface area contributed by atoms with E-state index in [2.05, 4.69) is 10.1 Å². The molecule has 0 aliphatic heterocycles. The molecular weight excluding hydrogens is 330 g/mol. The zero-order valence-corrected chi connectivity index (χ0v) is 14.4. The van der Waals surface area contributed by atoms with Crippen molar-refractivity contribution in [2.24, 2.45) is 0 Å². The van der Waals surface area contributed by atoms with Crippen LogP contribution in [0.15, 0.2) is 36.4 Å². The molecule has 0 saturated heterocycles. The Morgan fingerprint density at radius 1 is 1.12 bits per heavy atom. The number of hydrogen-bond donors (Lipinski definition) is 1. The first kappa shape index (κ1) is 17.8. The van der Waals surface area contributed by atoms with E-state index in [4.69, 9.17) is 16.3 Å². The lowest BCUT2D eigenvalue weighted by molar-refractivity contribution is -0.118. The van der Waals surface area contributed by atoms with Crippen LogP contribution in [-0.2, 0) is 9.53 Å². The predicted octanol–water partition coefficient (Wildman–Crippen LogP) is 3.76. The number of halogens is 1. The van der Waals surface area contributed by atoms with Crippen molar-refractivity contribution in [2.45, 2.75) is 13.8 Å². The van der Waals surface area contributed by atoms with Gasteiger partial charge in [0, 0.05) is 0 Å². The highest BCUT2D eigenvalue weighted by atomic mass is 35.5. The minimum absolute atomic E-state index is 0.164. The van der Waals surface area contributed by atoms with Crippen LogP contribution in [0.5, 0.6) is 5.75 Å². The lowest BCUT2D eigenvalue weighted by Gasteiger charge is -2.11. The van der Waals surface area contributed by atoms with E-state index >= 15 is 0 Å². The summed E-state index contributed by atoms with van der Waals surface area (Å²) >= 11 is 6.04. The van der Waals surface area contributed by atoms with Crippen molar-refractivity contribution in [1.29, 1.82) is 0 Å². The molecule has 0 unspecified atom stereocenters. The first-order valence-corrected chi connectivity index (χ1v) is 7.66. The molecule has 2 rings (SSSR count). The fraction of sp³-hybridized carbons (Fsp3) is 0.222. The molecule has 0 aliphatic carbocycles. The molecular formula is C18H18ClNO4. The van der Waals surface area contributed by atoms with Gasteiger partial charge in [-0.25, -0.2) is 4.79 Å². The van der Waals surface area contributed by atoms with Gasteiger partial charge >= 0.3 is 5.97 Å². The van der Waals surface area contributed by atoms with Gasteiger partial charge in [0.05, 0.1) is 23.4 Å². The molecule has 0 radical (unpaired) electrons. The van der Waals surface area contributed by atoms with Crippen LogP contribution >= 0.6 is 11.6 Å². The van der Waals surface area contributed by atoms with Gasteiger partial charge < -0.3 is 14.8 Å². The number of amides is 1. The van der Waals surface area contributed by atoms with E-state index in [1.165, 1.54) is 25.3 Å². The van der Waals surface area contributed by atoms with Crippen molar-refractivity contribution in [3.63, 3.8) is 0 Å². The molecule has 0 aliphatic rings. The average Bonchev–Trinajstić information content (AvgIpc) is 2.55. The van der Waals surface area contributed by atoms with E-state index in [1.807, 2.05) is 32.0 Å². The SMILES string of the molecule is COC(=O)c1ccc(Cl)c(NC(=O)COc2ccc(C)cc2C)c1. The lowest BCUT2D eigenvalue weighted by Crippen LogP contribution is -2.21. The number of ether oxygens (including phenoxy) is 2.